The maximum absolute atomic E-state index is 6.21. The van der Waals surface area contributed by atoms with Crippen molar-refractivity contribution in [3.8, 4) is 11.5 Å². The Hall–Kier alpha value is -2.35. The molecule has 4 rings (SSSR count). The lowest BCUT2D eigenvalue weighted by atomic mass is 10.1. The molecule has 1 aliphatic rings. The molecule has 0 radical (unpaired) electrons. The zero-order valence-corrected chi connectivity index (χ0v) is 18.1. The number of hydrogen-bond acceptors (Lipinski definition) is 6. The fourth-order valence-electron chi connectivity index (χ4n) is 3.30. The third-order valence-corrected chi connectivity index (χ3v) is 6.19. The fourth-order valence-corrected chi connectivity index (χ4v) is 4.08. The first kappa shape index (κ1) is 19.9. The number of anilines is 1. The van der Waals surface area contributed by atoms with Gasteiger partial charge in [-0.2, -0.15) is 0 Å². The molecule has 0 saturated carbocycles. The van der Waals surface area contributed by atoms with Crippen molar-refractivity contribution < 1.29 is 14.5 Å². The molecule has 0 spiro atoms. The van der Waals surface area contributed by atoms with Crippen molar-refractivity contribution in [2.24, 2.45) is 0 Å². The first-order valence-corrected chi connectivity index (χ1v) is 10.8. The Morgan fingerprint density at radius 3 is 2.59 bits per heavy atom. The van der Waals surface area contributed by atoms with Crippen molar-refractivity contribution in [3.05, 3.63) is 59.2 Å². The van der Waals surface area contributed by atoms with Crippen LogP contribution < -0.4 is 10.2 Å². The third-order valence-electron chi connectivity index (χ3n) is 5.24. The van der Waals surface area contributed by atoms with Crippen LogP contribution in [0.25, 0.3) is 11.5 Å². The number of aryl methyl sites for hydroxylation is 2. The van der Waals surface area contributed by atoms with Crippen LogP contribution in [0.5, 0.6) is 0 Å². The second-order valence-electron chi connectivity index (χ2n) is 7.62. The maximum atomic E-state index is 6.21. The molecule has 1 fully saturated rings. The van der Waals surface area contributed by atoms with Gasteiger partial charge in [0, 0.05) is 36.7 Å². The van der Waals surface area contributed by atoms with E-state index in [4.69, 9.17) is 9.15 Å². The van der Waals surface area contributed by atoms with E-state index in [1.165, 1.54) is 22.4 Å². The molecular formula is C22H27N4O2S+. The van der Waals surface area contributed by atoms with Crippen LogP contribution in [0.1, 0.15) is 22.9 Å². The summed E-state index contributed by atoms with van der Waals surface area (Å²) in [4.78, 5) is 2.10. The molecule has 0 aliphatic carbocycles. The van der Waals surface area contributed by atoms with E-state index in [0.29, 0.717) is 11.1 Å². The lowest BCUT2D eigenvalue weighted by molar-refractivity contribution is -0.697. The summed E-state index contributed by atoms with van der Waals surface area (Å²) >= 11 is 1.55. The highest BCUT2D eigenvalue weighted by Gasteiger charge is 2.30. The summed E-state index contributed by atoms with van der Waals surface area (Å²) in [7, 11) is 4.09. The second kappa shape index (κ2) is 8.57. The number of quaternary nitrogens is 1. The Balaban J connectivity index is 1.32. The SMILES string of the molecule is Cc1ccc(-c2nnc(SC[C@@H]3C[NH2+][C@@H](c4ccc(N(C)C)cc4)O3)o2)cc1C. The van der Waals surface area contributed by atoms with Gasteiger partial charge in [-0.15, -0.1) is 10.2 Å². The van der Waals surface area contributed by atoms with Crippen LogP contribution >= 0.6 is 11.8 Å². The number of nitrogens with zero attached hydrogens (tertiary/aromatic N) is 3. The molecule has 6 nitrogen and oxygen atoms in total. The molecule has 0 amide bonds. The van der Waals surface area contributed by atoms with E-state index in [0.717, 1.165) is 17.9 Å². The number of nitrogens with two attached hydrogens (primary N) is 1. The van der Waals surface area contributed by atoms with Gasteiger partial charge in [-0.3, -0.25) is 0 Å². The van der Waals surface area contributed by atoms with Crippen LogP contribution in [0.15, 0.2) is 52.1 Å². The number of hydrogen-bond donors (Lipinski definition) is 1. The van der Waals surface area contributed by atoms with Crippen LogP contribution in [0.4, 0.5) is 5.69 Å². The molecular weight excluding hydrogens is 384 g/mol. The van der Waals surface area contributed by atoms with Crippen molar-refractivity contribution in [3.63, 3.8) is 0 Å². The lowest BCUT2D eigenvalue weighted by Gasteiger charge is -2.14. The molecule has 0 bridgehead atoms. The van der Waals surface area contributed by atoms with E-state index in [9.17, 15) is 0 Å². The Morgan fingerprint density at radius 1 is 1.07 bits per heavy atom. The third kappa shape index (κ3) is 4.63. The number of rotatable bonds is 6. The van der Waals surface area contributed by atoms with E-state index in [2.05, 4.69) is 70.7 Å². The summed E-state index contributed by atoms with van der Waals surface area (Å²) in [5.41, 5.74) is 5.81. The standard InChI is InChI=1S/C22H26N4O2S/c1-14-5-6-17(11-15(14)2)21-24-25-22(28-21)29-13-19-12-23-20(27-19)16-7-9-18(10-8-16)26(3)4/h5-11,19-20,23H,12-13H2,1-4H3/p+1/t19-,20+/m0/s1. The maximum Gasteiger partial charge on any atom is 0.276 e. The molecule has 2 N–H and O–H groups in total. The second-order valence-corrected chi connectivity index (χ2v) is 8.59. The van der Waals surface area contributed by atoms with Crippen LogP contribution in [0, 0.1) is 13.8 Å². The molecule has 2 atom stereocenters. The minimum absolute atomic E-state index is 0.0468. The van der Waals surface area contributed by atoms with E-state index in [1.807, 2.05) is 20.2 Å². The molecule has 152 valence electrons. The minimum Gasteiger partial charge on any atom is -0.411 e. The highest BCUT2D eigenvalue weighted by Crippen LogP contribution is 2.27. The normalized spacial score (nSPS) is 18.9. The highest BCUT2D eigenvalue weighted by molar-refractivity contribution is 7.99. The zero-order chi connectivity index (χ0) is 20.4. The van der Waals surface area contributed by atoms with Gasteiger partial charge in [0.2, 0.25) is 12.1 Å². The summed E-state index contributed by atoms with van der Waals surface area (Å²) in [6.07, 6.45) is 0.195. The van der Waals surface area contributed by atoms with Gasteiger partial charge < -0.3 is 19.4 Å². The predicted molar refractivity (Wildman–Crippen MR) is 115 cm³/mol. The summed E-state index contributed by atoms with van der Waals surface area (Å²) in [6, 6.07) is 14.7. The van der Waals surface area contributed by atoms with Crippen molar-refractivity contribution in [1.29, 1.82) is 0 Å². The number of benzene rings is 2. The Bertz CT molecular complexity index is 971. The molecule has 7 heteroatoms. The van der Waals surface area contributed by atoms with Gasteiger partial charge in [0.15, 0.2) is 0 Å². The van der Waals surface area contributed by atoms with Crippen LogP contribution in [0.3, 0.4) is 0 Å². The summed E-state index contributed by atoms with van der Waals surface area (Å²) < 4.78 is 12.1. The molecule has 29 heavy (non-hydrogen) atoms. The Morgan fingerprint density at radius 2 is 1.86 bits per heavy atom. The lowest BCUT2D eigenvalue weighted by Crippen LogP contribution is -2.82. The Kier molecular flexibility index (Phi) is 5.89. The van der Waals surface area contributed by atoms with Gasteiger partial charge in [-0.25, -0.2) is 0 Å². The Labute approximate surface area is 175 Å². The van der Waals surface area contributed by atoms with Gasteiger partial charge in [0.1, 0.15) is 12.6 Å². The van der Waals surface area contributed by atoms with Gasteiger partial charge in [0.25, 0.3) is 5.22 Å². The van der Waals surface area contributed by atoms with Crippen LogP contribution in [0.2, 0.25) is 0 Å². The smallest absolute Gasteiger partial charge is 0.276 e. The monoisotopic (exact) mass is 411 g/mol. The van der Waals surface area contributed by atoms with E-state index < -0.39 is 0 Å². The summed E-state index contributed by atoms with van der Waals surface area (Å²) in [6.45, 7) is 5.10. The number of aromatic nitrogens is 2. The van der Waals surface area contributed by atoms with Crippen molar-refractivity contribution in [1.82, 2.24) is 10.2 Å². The molecule has 1 aliphatic heterocycles. The average Bonchev–Trinajstić information content (AvgIpc) is 3.38. The van der Waals surface area contributed by atoms with Crippen molar-refractivity contribution >= 4 is 17.4 Å². The van der Waals surface area contributed by atoms with Gasteiger partial charge in [-0.1, -0.05) is 17.8 Å². The molecule has 3 aromatic rings. The van der Waals surface area contributed by atoms with Gasteiger partial charge >= 0.3 is 0 Å². The summed E-state index contributed by atoms with van der Waals surface area (Å²) in [5.74, 6) is 1.35. The average molecular weight is 412 g/mol. The molecule has 0 unspecified atom stereocenters. The number of thioether (sulfide) groups is 1. The van der Waals surface area contributed by atoms with E-state index in [-0.39, 0.29) is 12.3 Å². The quantitative estimate of drug-likeness (QED) is 0.629. The zero-order valence-electron chi connectivity index (χ0n) is 17.3. The highest BCUT2D eigenvalue weighted by atomic mass is 32.2. The predicted octanol–water partition coefficient (Wildman–Crippen LogP) is 3.17. The molecule has 2 heterocycles. The summed E-state index contributed by atoms with van der Waals surface area (Å²) in [5, 5.41) is 11.2. The van der Waals surface area contributed by atoms with E-state index in [1.54, 1.807) is 11.8 Å². The van der Waals surface area contributed by atoms with Gasteiger partial charge in [-0.05, 0) is 61.4 Å². The first-order valence-electron chi connectivity index (χ1n) is 9.79. The van der Waals surface area contributed by atoms with Crippen molar-refractivity contribution in [2.45, 2.75) is 31.4 Å². The number of ether oxygens (including phenoxy) is 1. The largest absolute Gasteiger partial charge is 0.411 e. The molecule has 1 aromatic heterocycles. The van der Waals surface area contributed by atoms with Crippen LogP contribution in [-0.2, 0) is 4.74 Å². The van der Waals surface area contributed by atoms with Crippen LogP contribution in [-0.4, -0.2) is 42.7 Å². The topological polar surface area (TPSA) is 68.0 Å². The first-order chi connectivity index (χ1) is 14.0. The van der Waals surface area contributed by atoms with Gasteiger partial charge in [0.05, 0.1) is 0 Å². The minimum atomic E-state index is 0.0468. The van der Waals surface area contributed by atoms with E-state index >= 15 is 0 Å². The molecule has 2 aromatic carbocycles. The molecule has 1 saturated heterocycles. The fraction of sp³-hybridized carbons (Fsp3) is 0.364. The van der Waals surface area contributed by atoms with Crippen molar-refractivity contribution in [2.75, 3.05) is 31.3 Å².